The maximum absolute atomic E-state index is 8.92. The maximum Gasteiger partial charge on any atom is 0.184 e. The van der Waals surface area contributed by atoms with Crippen LogP contribution >= 0.6 is 11.3 Å². The Balaban J connectivity index is 1.24. The summed E-state index contributed by atoms with van der Waals surface area (Å²) in [4.78, 5) is 13.2. The lowest BCUT2D eigenvalue weighted by atomic mass is 9.89. The molecule has 1 saturated carbocycles. The van der Waals surface area contributed by atoms with Gasteiger partial charge >= 0.3 is 0 Å². The molecule has 4 aromatic rings. The highest BCUT2D eigenvalue weighted by molar-refractivity contribution is 7.22. The van der Waals surface area contributed by atoms with E-state index in [0.29, 0.717) is 11.7 Å². The van der Waals surface area contributed by atoms with Gasteiger partial charge in [0.15, 0.2) is 5.13 Å². The average Bonchev–Trinajstić information content (AvgIpc) is 3.15. The number of para-hydroxylation sites is 1. The third-order valence-electron chi connectivity index (χ3n) is 4.93. The number of pyridine rings is 2. The molecule has 0 unspecified atom stereocenters. The normalized spacial score (nSPS) is 18.0. The molecule has 6 nitrogen and oxygen atoms in total. The third-order valence-corrected chi connectivity index (χ3v) is 5.90. The van der Waals surface area contributed by atoms with Gasteiger partial charge in [-0.2, -0.15) is 5.26 Å². The van der Waals surface area contributed by atoms with Gasteiger partial charge in [-0.3, -0.25) is 4.98 Å². The molecule has 0 bridgehead atoms. The topological polar surface area (TPSA) is 83.7 Å². The van der Waals surface area contributed by atoms with Gasteiger partial charge in [0, 0.05) is 36.8 Å². The first-order valence-corrected chi connectivity index (χ1v) is 10.2. The fourth-order valence-electron chi connectivity index (χ4n) is 3.37. The van der Waals surface area contributed by atoms with Crippen LogP contribution in [-0.4, -0.2) is 27.1 Å². The second-order valence-electron chi connectivity index (χ2n) is 6.93. The van der Waals surface area contributed by atoms with Gasteiger partial charge in [-0.15, -0.1) is 0 Å². The Morgan fingerprint density at radius 1 is 1.07 bits per heavy atom. The number of hydrogen-bond donors (Lipinski definition) is 1. The smallest absolute Gasteiger partial charge is 0.184 e. The number of nitrogens with one attached hydrogen (secondary N) is 1. The molecule has 1 aliphatic rings. The van der Waals surface area contributed by atoms with E-state index in [0.717, 1.165) is 40.5 Å². The zero-order valence-corrected chi connectivity index (χ0v) is 16.3. The number of thiazole rings is 1. The molecule has 1 aliphatic carbocycles. The van der Waals surface area contributed by atoms with Crippen LogP contribution in [0.25, 0.3) is 21.5 Å². The molecule has 0 aliphatic heterocycles. The summed E-state index contributed by atoms with van der Waals surface area (Å²) >= 11 is 1.68. The van der Waals surface area contributed by atoms with Gasteiger partial charge < -0.3 is 10.1 Å². The van der Waals surface area contributed by atoms with Crippen LogP contribution in [0.3, 0.4) is 0 Å². The van der Waals surface area contributed by atoms with E-state index in [1.807, 2.05) is 42.5 Å². The van der Waals surface area contributed by atoms with Crippen molar-refractivity contribution in [1.82, 2.24) is 15.0 Å². The van der Waals surface area contributed by atoms with Crippen LogP contribution in [0.15, 0.2) is 60.9 Å². The predicted molar refractivity (Wildman–Crippen MR) is 113 cm³/mol. The number of nitrogens with zero attached hydrogens (tertiary/aromatic N) is 4. The Morgan fingerprint density at radius 3 is 2.76 bits per heavy atom. The highest BCUT2D eigenvalue weighted by Crippen LogP contribution is 2.34. The quantitative estimate of drug-likeness (QED) is 0.526. The summed E-state index contributed by atoms with van der Waals surface area (Å²) < 4.78 is 7.40. The van der Waals surface area contributed by atoms with E-state index in [2.05, 4.69) is 26.3 Å². The van der Waals surface area contributed by atoms with Crippen molar-refractivity contribution in [2.24, 2.45) is 0 Å². The monoisotopic (exact) mass is 399 g/mol. The Bertz CT molecular complexity index is 1160. The molecule has 3 heterocycles. The Hall–Kier alpha value is -3.50. The highest BCUT2D eigenvalue weighted by atomic mass is 32.1. The third kappa shape index (κ3) is 3.62. The Kier molecular flexibility index (Phi) is 4.54. The van der Waals surface area contributed by atoms with E-state index in [1.54, 1.807) is 29.8 Å². The minimum absolute atomic E-state index is 0.135. The van der Waals surface area contributed by atoms with Crippen molar-refractivity contribution in [2.75, 3.05) is 5.32 Å². The molecular formula is C22H17N5OS. The van der Waals surface area contributed by atoms with E-state index in [-0.39, 0.29) is 6.10 Å². The molecule has 0 spiro atoms. The SMILES string of the molecule is N#Cc1ccc(-c2ncccc2O[C@H]2C[C@@H](Nc3nc4ccccc4s3)C2)cn1. The summed E-state index contributed by atoms with van der Waals surface area (Å²) in [7, 11) is 0. The lowest BCUT2D eigenvalue weighted by molar-refractivity contribution is 0.108. The van der Waals surface area contributed by atoms with Crippen LogP contribution in [0.1, 0.15) is 18.5 Å². The molecule has 0 atom stereocenters. The van der Waals surface area contributed by atoms with Crippen molar-refractivity contribution in [3.8, 4) is 23.1 Å². The summed E-state index contributed by atoms with van der Waals surface area (Å²) in [5.41, 5.74) is 2.99. The summed E-state index contributed by atoms with van der Waals surface area (Å²) in [6, 6.07) is 17.9. The second-order valence-corrected chi connectivity index (χ2v) is 7.96. The molecule has 0 saturated heterocycles. The molecular weight excluding hydrogens is 382 g/mol. The van der Waals surface area contributed by atoms with Crippen molar-refractivity contribution in [1.29, 1.82) is 5.26 Å². The van der Waals surface area contributed by atoms with Gasteiger partial charge in [-0.1, -0.05) is 23.5 Å². The van der Waals surface area contributed by atoms with Crippen molar-refractivity contribution < 1.29 is 4.74 Å². The van der Waals surface area contributed by atoms with E-state index in [9.17, 15) is 0 Å². The number of nitriles is 1. The first-order chi connectivity index (χ1) is 14.3. The fourth-order valence-corrected chi connectivity index (χ4v) is 4.31. The zero-order valence-electron chi connectivity index (χ0n) is 15.4. The van der Waals surface area contributed by atoms with Crippen molar-refractivity contribution >= 4 is 26.7 Å². The first-order valence-electron chi connectivity index (χ1n) is 9.39. The fraction of sp³-hybridized carbons (Fsp3) is 0.182. The number of anilines is 1. The van der Waals surface area contributed by atoms with Crippen LogP contribution in [0.4, 0.5) is 5.13 Å². The minimum atomic E-state index is 0.135. The molecule has 0 radical (unpaired) electrons. The number of ether oxygens (including phenoxy) is 1. The lowest BCUT2D eigenvalue weighted by Crippen LogP contribution is -2.42. The Labute approximate surface area is 171 Å². The van der Waals surface area contributed by atoms with Gasteiger partial charge in [0.25, 0.3) is 0 Å². The van der Waals surface area contributed by atoms with Gasteiger partial charge in [0.05, 0.1) is 10.2 Å². The molecule has 29 heavy (non-hydrogen) atoms. The first kappa shape index (κ1) is 17.6. The summed E-state index contributed by atoms with van der Waals surface area (Å²) in [5.74, 6) is 0.738. The summed E-state index contributed by atoms with van der Waals surface area (Å²) in [6.07, 6.45) is 5.35. The summed E-state index contributed by atoms with van der Waals surface area (Å²) in [5, 5.41) is 13.4. The standard InChI is InChI=1S/C22H17N5OS/c23-12-15-8-7-14(13-25-15)21-19(5-3-9-24-21)28-17-10-16(11-17)26-22-27-18-4-1-2-6-20(18)29-22/h1-9,13,16-17H,10-11H2,(H,26,27)/t16-,17+. The molecule has 3 aromatic heterocycles. The summed E-state index contributed by atoms with van der Waals surface area (Å²) in [6.45, 7) is 0. The number of fused-ring (bicyclic) bond motifs is 1. The van der Waals surface area contributed by atoms with E-state index in [1.165, 1.54) is 4.70 Å². The highest BCUT2D eigenvalue weighted by Gasteiger charge is 2.32. The second kappa shape index (κ2) is 7.49. The number of benzene rings is 1. The molecule has 1 N–H and O–H groups in total. The van der Waals surface area contributed by atoms with Gasteiger partial charge in [0.2, 0.25) is 0 Å². The van der Waals surface area contributed by atoms with Crippen LogP contribution in [0.2, 0.25) is 0 Å². The number of rotatable bonds is 5. The van der Waals surface area contributed by atoms with E-state index >= 15 is 0 Å². The van der Waals surface area contributed by atoms with Crippen LogP contribution < -0.4 is 10.1 Å². The molecule has 7 heteroatoms. The van der Waals surface area contributed by atoms with Crippen molar-refractivity contribution in [2.45, 2.75) is 25.0 Å². The predicted octanol–water partition coefficient (Wildman–Crippen LogP) is 4.65. The lowest BCUT2D eigenvalue weighted by Gasteiger charge is -2.36. The van der Waals surface area contributed by atoms with E-state index in [4.69, 9.17) is 10.00 Å². The maximum atomic E-state index is 8.92. The Morgan fingerprint density at radius 2 is 1.97 bits per heavy atom. The largest absolute Gasteiger partial charge is 0.488 e. The molecule has 1 fully saturated rings. The van der Waals surface area contributed by atoms with E-state index < -0.39 is 0 Å². The van der Waals surface area contributed by atoms with Gasteiger partial charge in [0.1, 0.15) is 29.3 Å². The average molecular weight is 399 g/mol. The van der Waals surface area contributed by atoms with Crippen molar-refractivity contribution in [3.63, 3.8) is 0 Å². The van der Waals surface area contributed by atoms with Crippen LogP contribution in [0.5, 0.6) is 5.75 Å². The van der Waals surface area contributed by atoms with Gasteiger partial charge in [-0.25, -0.2) is 9.97 Å². The van der Waals surface area contributed by atoms with Crippen molar-refractivity contribution in [3.05, 3.63) is 66.6 Å². The molecule has 0 amide bonds. The van der Waals surface area contributed by atoms with Crippen LogP contribution in [0, 0.1) is 11.3 Å². The molecule has 5 rings (SSSR count). The minimum Gasteiger partial charge on any atom is -0.488 e. The number of hydrogen-bond acceptors (Lipinski definition) is 7. The zero-order chi connectivity index (χ0) is 19.6. The van der Waals surface area contributed by atoms with Crippen LogP contribution in [-0.2, 0) is 0 Å². The van der Waals surface area contributed by atoms with Gasteiger partial charge in [-0.05, 0) is 36.4 Å². The number of aromatic nitrogens is 3. The molecule has 1 aromatic carbocycles. The molecule has 142 valence electrons.